The number of unbranched alkanes of at least 4 members (excludes halogenated alkanes) is 1. The molecule has 1 fully saturated rings. The number of likely N-dealkylation sites (tertiary alicyclic amines) is 1. The van der Waals surface area contributed by atoms with E-state index in [0.717, 1.165) is 25.3 Å². The van der Waals surface area contributed by atoms with Gasteiger partial charge >= 0.3 is 0 Å². The summed E-state index contributed by atoms with van der Waals surface area (Å²) in [5.74, 6) is 1.05. The van der Waals surface area contributed by atoms with Crippen molar-refractivity contribution in [3.05, 3.63) is 24.2 Å². The predicted molar refractivity (Wildman–Crippen MR) is 83.6 cm³/mol. The van der Waals surface area contributed by atoms with E-state index in [1.807, 2.05) is 19.1 Å². The highest BCUT2D eigenvalue weighted by Gasteiger charge is 2.25. The van der Waals surface area contributed by atoms with E-state index in [0.29, 0.717) is 13.0 Å². The second-order valence-corrected chi connectivity index (χ2v) is 7.58. The third kappa shape index (κ3) is 5.13. The Kier molecular flexibility index (Phi) is 6.26. The molecule has 0 saturated carbocycles. The maximum atomic E-state index is 12.0. The number of rotatable bonds is 8. The van der Waals surface area contributed by atoms with Crippen molar-refractivity contribution in [3.63, 3.8) is 0 Å². The maximum absolute atomic E-state index is 12.0. The van der Waals surface area contributed by atoms with Gasteiger partial charge < -0.3 is 4.42 Å². The van der Waals surface area contributed by atoms with Gasteiger partial charge in [0.2, 0.25) is 10.0 Å². The van der Waals surface area contributed by atoms with Crippen LogP contribution >= 0.6 is 0 Å². The van der Waals surface area contributed by atoms with Gasteiger partial charge in [-0.2, -0.15) is 0 Å². The van der Waals surface area contributed by atoms with E-state index in [9.17, 15) is 8.42 Å². The molecule has 1 aromatic heterocycles. The molecule has 1 atom stereocenters. The Morgan fingerprint density at radius 1 is 1.33 bits per heavy atom. The molecule has 5 nitrogen and oxygen atoms in total. The molecule has 21 heavy (non-hydrogen) atoms. The van der Waals surface area contributed by atoms with Gasteiger partial charge in [0.05, 0.1) is 18.1 Å². The van der Waals surface area contributed by atoms with Gasteiger partial charge in [-0.25, -0.2) is 13.1 Å². The first-order chi connectivity index (χ1) is 10.1. The molecule has 0 spiro atoms. The number of sulfonamides is 1. The SMILES string of the molecule is CCCCS(=O)(=O)NCC(c1ccco1)N1CCCCC1. The molecule has 1 unspecified atom stereocenters. The minimum atomic E-state index is -3.19. The van der Waals surface area contributed by atoms with Crippen LogP contribution in [0.2, 0.25) is 0 Å². The van der Waals surface area contributed by atoms with Crippen LogP contribution in [0.3, 0.4) is 0 Å². The normalized spacial score (nSPS) is 18.7. The Morgan fingerprint density at radius 2 is 2.10 bits per heavy atom. The second-order valence-electron chi connectivity index (χ2n) is 5.65. The smallest absolute Gasteiger partial charge is 0.211 e. The van der Waals surface area contributed by atoms with Gasteiger partial charge in [0.25, 0.3) is 0 Å². The Bertz CT molecular complexity index is 493. The molecule has 2 rings (SSSR count). The van der Waals surface area contributed by atoms with E-state index in [4.69, 9.17) is 4.42 Å². The van der Waals surface area contributed by atoms with Gasteiger partial charge in [0, 0.05) is 6.54 Å². The molecule has 1 N–H and O–H groups in total. The van der Waals surface area contributed by atoms with Crippen molar-refractivity contribution in [1.82, 2.24) is 9.62 Å². The summed E-state index contributed by atoms with van der Waals surface area (Å²) in [6.45, 7) is 4.39. The molecule has 120 valence electrons. The number of piperidine rings is 1. The van der Waals surface area contributed by atoms with Crippen LogP contribution in [-0.2, 0) is 10.0 Å². The molecule has 1 aliphatic rings. The van der Waals surface area contributed by atoms with Gasteiger partial charge in [-0.15, -0.1) is 0 Å². The third-order valence-corrected chi connectivity index (χ3v) is 5.40. The average molecular weight is 314 g/mol. The largest absolute Gasteiger partial charge is 0.468 e. The fourth-order valence-corrected chi connectivity index (χ4v) is 3.96. The number of nitrogens with one attached hydrogen (secondary N) is 1. The third-order valence-electron chi connectivity index (χ3n) is 3.97. The Balaban J connectivity index is 1.99. The van der Waals surface area contributed by atoms with Crippen LogP contribution in [0.15, 0.2) is 22.8 Å². The van der Waals surface area contributed by atoms with Crippen molar-refractivity contribution in [1.29, 1.82) is 0 Å². The van der Waals surface area contributed by atoms with E-state index < -0.39 is 10.0 Å². The summed E-state index contributed by atoms with van der Waals surface area (Å²) < 4.78 is 32.2. The summed E-state index contributed by atoms with van der Waals surface area (Å²) in [5, 5.41) is 0. The number of hydrogen-bond acceptors (Lipinski definition) is 4. The summed E-state index contributed by atoms with van der Waals surface area (Å²) in [6, 6.07) is 3.79. The van der Waals surface area contributed by atoms with Gasteiger partial charge in [0.1, 0.15) is 5.76 Å². The lowest BCUT2D eigenvalue weighted by Crippen LogP contribution is -2.41. The summed E-state index contributed by atoms with van der Waals surface area (Å²) in [4.78, 5) is 2.32. The van der Waals surface area contributed by atoms with Crippen LogP contribution in [0.25, 0.3) is 0 Å². The highest BCUT2D eigenvalue weighted by atomic mass is 32.2. The first-order valence-corrected chi connectivity index (χ1v) is 9.52. The average Bonchev–Trinajstić information content (AvgIpc) is 3.01. The highest BCUT2D eigenvalue weighted by Crippen LogP contribution is 2.24. The van der Waals surface area contributed by atoms with Crippen LogP contribution in [0.1, 0.15) is 50.8 Å². The van der Waals surface area contributed by atoms with Crippen LogP contribution in [0.5, 0.6) is 0 Å². The standard InChI is InChI=1S/C15H26N2O3S/c1-2-3-12-21(18,19)16-13-14(15-8-7-11-20-15)17-9-5-4-6-10-17/h7-8,11,14,16H,2-6,9-10,12-13H2,1H3. The first-order valence-electron chi connectivity index (χ1n) is 7.87. The summed E-state index contributed by atoms with van der Waals surface area (Å²) >= 11 is 0. The van der Waals surface area contributed by atoms with Crippen LogP contribution < -0.4 is 4.72 Å². The molecule has 1 aliphatic heterocycles. The van der Waals surface area contributed by atoms with Gasteiger partial charge in [-0.1, -0.05) is 19.8 Å². The van der Waals surface area contributed by atoms with Gasteiger partial charge in [-0.3, -0.25) is 4.90 Å². The molecule has 0 radical (unpaired) electrons. The topological polar surface area (TPSA) is 62.6 Å². The summed E-state index contributed by atoms with van der Waals surface area (Å²) in [5.41, 5.74) is 0. The van der Waals surface area contributed by atoms with E-state index >= 15 is 0 Å². The zero-order valence-electron chi connectivity index (χ0n) is 12.8. The minimum Gasteiger partial charge on any atom is -0.468 e. The summed E-state index contributed by atoms with van der Waals surface area (Å²) in [7, 11) is -3.19. The quantitative estimate of drug-likeness (QED) is 0.801. The van der Waals surface area contributed by atoms with Crippen LogP contribution in [-0.4, -0.2) is 38.7 Å². The van der Waals surface area contributed by atoms with Crippen molar-refractivity contribution in [2.45, 2.75) is 45.1 Å². The van der Waals surface area contributed by atoms with Gasteiger partial charge in [0.15, 0.2) is 0 Å². The monoisotopic (exact) mass is 314 g/mol. The molecule has 0 amide bonds. The molecule has 1 aromatic rings. The molecule has 1 saturated heterocycles. The number of hydrogen-bond donors (Lipinski definition) is 1. The van der Waals surface area contributed by atoms with E-state index in [1.54, 1.807) is 6.26 Å². The van der Waals surface area contributed by atoms with Crippen molar-refractivity contribution in [3.8, 4) is 0 Å². The fraction of sp³-hybridized carbons (Fsp3) is 0.733. The maximum Gasteiger partial charge on any atom is 0.211 e. The Labute approximate surface area is 127 Å². The second kappa shape index (κ2) is 7.96. The molecular weight excluding hydrogens is 288 g/mol. The highest BCUT2D eigenvalue weighted by molar-refractivity contribution is 7.89. The first kappa shape index (κ1) is 16.5. The van der Waals surface area contributed by atoms with Crippen LogP contribution in [0.4, 0.5) is 0 Å². The molecular formula is C15H26N2O3S. The zero-order valence-corrected chi connectivity index (χ0v) is 13.6. The van der Waals surface area contributed by atoms with Crippen molar-refractivity contribution >= 4 is 10.0 Å². The molecule has 6 heteroatoms. The van der Waals surface area contributed by atoms with E-state index in [1.165, 1.54) is 19.3 Å². The van der Waals surface area contributed by atoms with Gasteiger partial charge in [-0.05, 0) is 44.5 Å². The Morgan fingerprint density at radius 3 is 2.71 bits per heavy atom. The predicted octanol–water partition coefficient (Wildman–Crippen LogP) is 2.53. The number of nitrogens with zero attached hydrogens (tertiary/aromatic N) is 1. The molecule has 0 aliphatic carbocycles. The number of furan rings is 1. The molecule has 2 heterocycles. The lowest BCUT2D eigenvalue weighted by Gasteiger charge is -2.33. The summed E-state index contributed by atoms with van der Waals surface area (Å²) in [6.07, 6.45) is 6.82. The fourth-order valence-electron chi connectivity index (χ4n) is 2.73. The molecule has 0 aromatic carbocycles. The minimum absolute atomic E-state index is 0.00305. The van der Waals surface area contributed by atoms with Crippen molar-refractivity contribution in [2.24, 2.45) is 0 Å². The van der Waals surface area contributed by atoms with Crippen molar-refractivity contribution in [2.75, 3.05) is 25.4 Å². The van der Waals surface area contributed by atoms with Crippen molar-refractivity contribution < 1.29 is 12.8 Å². The van der Waals surface area contributed by atoms with E-state index in [-0.39, 0.29) is 11.8 Å². The lowest BCUT2D eigenvalue weighted by atomic mass is 10.1. The van der Waals surface area contributed by atoms with Crippen LogP contribution in [0, 0.1) is 0 Å². The lowest BCUT2D eigenvalue weighted by molar-refractivity contribution is 0.147. The zero-order chi connectivity index (χ0) is 15.1. The molecule has 0 bridgehead atoms. The Hall–Kier alpha value is -0.850. The van der Waals surface area contributed by atoms with E-state index in [2.05, 4.69) is 9.62 Å².